The third-order valence-electron chi connectivity index (χ3n) is 2.01. The van der Waals surface area contributed by atoms with Crippen LogP contribution < -0.4 is 10.5 Å². The SMILES string of the molecule is C[C@H](CN)NS(=O)(=O)c1ccccc1C#N. The van der Waals surface area contributed by atoms with E-state index >= 15 is 0 Å². The van der Waals surface area contributed by atoms with Gasteiger partial charge in [-0.2, -0.15) is 5.26 Å². The molecule has 0 saturated heterocycles. The molecule has 0 aliphatic heterocycles. The van der Waals surface area contributed by atoms with Gasteiger partial charge in [-0.05, 0) is 19.1 Å². The highest BCUT2D eigenvalue weighted by Crippen LogP contribution is 2.14. The Hall–Kier alpha value is -1.42. The molecule has 0 aliphatic carbocycles. The minimum Gasteiger partial charge on any atom is -0.329 e. The van der Waals surface area contributed by atoms with Crippen molar-refractivity contribution in [2.75, 3.05) is 6.54 Å². The van der Waals surface area contributed by atoms with Gasteiger partial charge < -0.3 is 5.73 Å². The van der Waals surface area contributed by atoms with Gasteiger partial charge in [0.15, 0.2) is 0 Å². The lowest BCUT2D eigenvalue weighted by molar-refractivity contribution is 0.562. The lowest BCUT2D eigenvalue weighted by Crippen LogP contribution is -2.38. The van der Waals surface area contributed by atoms with Gasteiger partial charge in [-0.3, -0.25) is 0 Å². The van der Waals surface area contributed by atoms with E-state index in [0.717, 1.165) is 0 Å². The zero-order chi connectivity index (χ0) is 12.2. The second-order valence-electron chi connectivity index (χ2n) is 3.37. The van der Waals surface area contributed by atoms with E-state index in [9.17, 15) is 8.42 Å². The van der Waals surface area contributed by atoms with Crippen LogP contribution in [0.4, 0.5) is 0 Å². The Kier molecular flexibility index (Phi) is 4.01. The smallest absolute Gasteiger partial charge is 0.242 e. The van der Waals surface area contributed by atoms with Crippen LogP contribution in [0.15, 0.2) is 29.2 Å². The third-order valence-corrected chi connectivity index (χ3v) is 3.65. The summed E-state index contributed by atoms with van der Waals surface area (Å²) >= 11 is 0. The molecule has 1 aromatic carbocycles. The summed E-state index contributed by atoms with van der Waals surface area (Å²) in [6, 6.07) is 7.52. The number of hydrogen-bond donors (Lipinski definition) is 2. The van der Waals surface area contributed by atoms with E-state index in [1.165, 1.54) is 12.1 Å². The number of sulfonamides is 1. The number of nitrogens with two attached hydrogens (primary N) is 1. The van der Waals surface area contributed by atoms with Crippen molar-refractivity contribution in [2.45, 2.75) is 17.9 Å². The minimum absolute atomic E-state index is 0.0159. The monoisotopic (exact) mass is 239 g/mol. The van der Waals surface area contributed by atoms with Crippen molar-refractivity contribution in [3.8, 4) is 6.07 Å². The van der Waals surface area contributed by atoms with E-state index in [2.05, 4.69) is 4.72 Å². The van der Waals surface area contributed by atoms with E-state index in [0.29, 0.717) is 0 Å². The standard InChI is InChI=1S/C10H13N3O2S/c1-8(6-11)13-16(14,15)10-5-3-2-4-9(10)7-12/h2-5,8,13H,6,11H2,1H3/t8-/m1/s1. The summed E-state index contributed by atoms with van der Waals surface area (Å²) in [4.78, 5) is -0.0159. The molecule has 0 radical (unpaired) electrons. The van der Waals surface area contributed by atoms with Crippen molar-refractivity contribution >= 4 is 10.0 Å². The molecular formula is C10H13N3O2S. The second kappa shape index (κ2) is 5.07. The maximum absolute atomic E-state index is 11.9. The summed E-state index contributed by atoms with van der Waals surface area (Å²) in [6.45, 7) is 1.86. The van der Waals surface area contributed by atoms with Gasteiger partial charge >= 0.3 is 0 Å². The van der Waals surface area contributed by atoms with Crippen molar-refractivity contribution in [2.24, 2.45) is 5.73 Å². The van der Waals surface area contributed by atoms with Gasteiger partial charge in [-0.15, -0.1) is 0 Å². The van der Waals surface area contributed by atoms with Crippen molar-refractivity contribution in [1.82, 2.24) is 4.72 Å². The number of benzene rings is 1. The number of nitrogens with zero attached hydrogens (tertiary/aromatic N) is 1. The fraction of sp³-hybridized carbons (Fsp3) is 0.300. The molecule has 0 amide bonds. The minimum atomic E-state index is -3.67. The normalized spacial score (nSPS) is 13.1. The molecule has 86 valence electrons. The molecule has 5 nitrogen and oxygen atoms in total. The first-order valence-electron chi connectivity index (χ1n) is 4.73. The van der Waals surface area contributed by atoms with Crippen LogP contribution in [0.5, 0.6) is 0 Å². The maximum atomic E-state index is 11.9. The Labute approximate surface area is 94.9 Å². The second-order valence-corrected chi connectivity index (χ2v) is 5.05. The zero-order valence-corrected chi connectivity index (χ0v) is 9.66. The zero-order valence-electron chi connectivity index (χ0n) is 8.84. The van der Waals surface area contributed by atoms with Gasteiger partial charge in [0.2, 0.25) is 10.0 Å². The Balaban J connectivity index is 3.13. The molecule has 1 aromatic rings. The molecule has 0 aliphatic rings. The Bertz CT molecular complexity index is 505. The molecule has 3 N–H and O–H groups in total. The van der Waals surface area contributed by atoms with Gasteiger partial charge in [0.05, 0.1) is 10.5 Å². The number of hydrogen-bond acceptors (Lipinski definition) is 4. The van der Waals surface area contributed by atoms with Gasteiger partial charge in [-0.1, -0.05) is 12.1 Å². The predicted octanol–water partition coefficient (Wildman–Crippen LogP) is 0.184. The molecule has 0 unspecified atom stereocenters. The molecule has 6 heteroatoms. The van der Waals surface area contributed by atoms with Crippen molar-refractivity contribution in [3.63, 3.8) is 0 Å². The van der Waals surface area contributed by atoms with E-state index < -0.39 is 10.0 Å². The van der Waals surface area contributed by atoms with Crippen molar-refractivity contribution in [1.29, 1.82) is 5.26 Å². The van der Waals surface area contributed by atoms with Gasteiger partial charge in [0, 0.05) is 12.6 Å². The Morgan fingerprint density at radius 1 is 1.50 bits per heavy atom. The van der Waals surface area contributed by atoms with Crippen LogP contribution in [0.25, 0.3) is 0 Å². The fourth-order valence-electron chi connectivity index (χ4n) is 1.17. The number of nitriles is 1. The highest BCUT2D eigenvalue weighted by atomic mass is 32.2. The first-order valence-corrected chi connectivity index (χ1v) is 6.21. The highest BCUT2D eigenvalue weighted by molar-refractivity contribution is 7.89. The molecule has 1 atom stereocenters. The lowest BCUT2D eigenvalue weighted by Gasteiger charge is -2.12. The summed E-state index contributed by atoms with van der Waals surface area (Å²) in [5.74, 6) is 0. The van der Waals surface area contributed by atoms with Crippen LogP contribution in [-0.4, -0.2) is 21.0 Å². The van der Waals surface area contributed by atoms with Gasteiger partial charge in [0.1, 0.15) is 6.07 Å². The molecule has 0 fully saturated rings. The van der Waals surface area contributed by atoms with Gasteiger partial charge in [-0.25, -0.2) is 13.1 Å². The van der Waals surface area contributed by atoms with Crippen LogP contribution >= 0.6 is 0 Å². The lowest BCUT2D eigenvalue weighted by atomic mass is 10.2. The van der Waals surface area contributed by atoms with Crippen molar-refractivity contribution < 1.29 is 8.42 Å². The van der Waals surface area contributed by atoms with E-state index in [-0.39, 0.29) is 23.0 Å². The predicted molar refractivity (Wildman–Crippen MR) is 60.0 cm³/mol. The first-order chi connectivity index (χ1) is 7.51. The summed E-state index contributed by atoms with van der Waals surface area (Å²) in [6.07, 6.45) is 0. The summed E-state index contributed by atoms with van der Waals surface area (Å²) in [7, 11) is -3.67. The van der Waals surface area contributed by atoms with E-state index in [1.807, 2.05) is 6.07 Å². The van der Waals surface area contributed by atoms with E-state index in [4.69, 9.17) is 11.0 Å². The molecule has 1 rings (SSSR count). The van der Waals surface area contributed by atoms with Crippen molar-refractivity contribution in [3.05, 3.63) is 29.8 Å². The fourth-order valence-corrected chi connectivity index (χ4v) is 2.58. The van der Waals surface area contributed by atoms with Gasteiger partial charge in [0.25, 0.3) is 0 Å². The highest BCUT2D eigenvalue weighted by Gasteiger charge is 2.19. The molecular weight excluding hydrogens is 226 g/mol. The van der Waals surface area contributed by atoms with Crippen LogP contribution in [0.3, 0.4) is 0 Å². The molecule has 16 heavy (non-hydrogen) atoms. The Morgan fingerprint density at radius 2 is 2.12 bits per heavy atom. The van der Waals surface area contributed by atoms with E-state index in [1.54, 1.807) is 19.1 Å². The summed E-state index contributed by atoms with van der Waals surface area (Å²) in [5, 5.41) is 8.81. The maximum Gasteiger partial charge on any atom is 0.242 e. The van der Waals surface area contributed by atoms with Crippen LogP contribution in [0.1, 0.15) is 12.5 Å². The van der Waals surface area contributed by atoms with Crippen LogP contribution in [0.2, 0.25) is 0 Å². The quantitative estimate of drug-likeness (QED) is 0.783. The third kappa shape index (κ3) is 2.79. The largest absolute Gasteiger partial charge is 0.329 e. The summed E-state index contributed by atoms with van der Waals surface area (Å²) < 4.78 is 26.1. The topological polar surface area (TPSA) is 96.0 Å². The Morgan fingerprint density at radius 3 is 2.69 bits per heavy atom. The number of nitrogens with one attached hydrogen (secondary N) is 1. The molecule has 0 bridgehead atoms. The number of rotatable bonds is 4. The van der Waals surface area contributed by atoms with Crippen LogP contribution in [0, 0.1) is 11.3 Å². The molecule has 0 spiro atoms. The first kappa shape index (κ1) is 12.6. The average Bonchev–Trinajstić information content (AvgIpc) is 2.28. The molecule has 0 heterocycles. The van der Waals surface area contributed by atoms with Crippen LogP contribution in [-0.2, 0) is 10.0 Å². The molecule has 0 saturated carbocycles. The average molecular weight is 239 g/mol. The summed E-state index contributed by atoms with van der Waals surface area (Å²) in [5.41, 5.74) is 5.46. The molecule has 0 aromatic heterocycles.